The Hall–Kier alpha value is -3.42. The van der Waals surface area contributed by atoms with Crippen molar-refractivity contribution in [1.82, 2.24) is 10.2 Å². The van der Waals surface area contributed by atoms with Crippen molar-refractivity contribution in [2.75, 3.05) is 12.1 Å². The van der Waals surface area contributed by atoms with Crippen LogP contribution in [0.25, 0.3) is 11.5 Å². The maximum atomic E-state index is 12.9. The fourth-order valence-corrected chi connectivity index (χ4v) is 2.48. The Balaban J connectivity index is 1.34. The summed E-state index contributed by atoms with van der Waals surface area (Å²) in [7, 11) is 0. The largest absolute Gasteiger partial charge is 0.454 e. The summed E-state index contributed by atoms with van der Waals surface area (Å²) in [5.74, 6) is 1.35. The number of anilines is 1. The molecule has 0 fully saturated rings. The minimum absolute atomic E-state index is 0.180. The number of aromatic nitrogens is 2. The first-order valence-corrected chi connectivity index (χ1v) is 7.95. The summed E-state index contributed by atoms with van der Waals surface area (Å²) in [6.45, 7) is 0.181. The number of ether oxygens (including phenoxy) is 2. The van der Waals surface area contributed by atoms with Crippen LogP contribution < -0.4 is 14.8 Å². The highest BCUT2D eigenvalue weighted by Crippen LogP contribution is 2.34. The van der Waals surface area contributed by atoms with Crippen LogP contribution in [0.1, 0.15) is 12.3 Å². The van der Waals surface area contributed by atoms with Crippen molar-refractivity contribution < 1.29 is 23.1 Å². The molecule has 0 aliphatic carbocycles. The van der Waals surface area contributed by atoms with Crippen LogP contribution in [0, 0.1) is 5.82 Å². The first kappa shape index (κ1) is 16.1. The molecule has 0 radical (unpaired) electrons. The molecular weight excluding hydrogens is 341 g/mol. The zero-order valence-electron chi connectivity index (χ0n) is 13.6. The molecule has 8 heteroatoms. The van der Waals surface area contributed by atoms with Gasteiger partial charge in [-0.05, 0) is 36.4 Å². The van der Waals surface area contributed by atoms with Gasteiger partial charge in [0.25, 0.3) is 0 Å². The number of hydrogen-bond acceptors (Lipinski definition) is 6. The van der Waals surface area contributed by atoms with E-state index < -0.39 is 0 Å². The van der Waals surface area contributed by atoms with Crippen molar-refractivity contribution in [3.63, 3.8) is 0 Å². The molecule has 1 aliphatic heterocycles. The SMILES string of the molecule is O=C(CCc1nnc(-c2ccc(F)cc2)o1)Nc1ccc2c(c1)OCO2. The predicted molar refractivity (Wildman–Crippen MR) is 89.2 cm³/mol. The van der Waals surface area contributed by atoms with Gasteiger partial charge in [-0.25, -0.2) is 4.39 Å². The minimum atomic E-state index is -0.339. The third-order valence-electron chi connectivity index (χ3n) is 3.78. The quantitative estimate of drug-likeness (QED) is 0.756. The zero-order chi connectivity index (χ0) is 17.9. The molecule has 0 spiro atoms. The number of hydrogen-bond donors (Lipinski definition) is 1. The minimum Gasteiger partial charge on any atom is -0.454 e. The Kier molecular flexibility index (Phi) is 4.22. The van der Waals surface area contributed by atoms with Gasteiger partial charge in [0.15, 0.2) is 11.5 Å². The van der Waals surface area contributed by atoms with Crippen molar-refractivity contribution in [3.05, 3.63) is 54.2 Å². The summed E-state index contributed by atoms with van der Waals surface area (Å²) in [4.78, 5) is 12.1. The van der Waals surface area contributed by atoms with Gasteiger partial charge in [-0.2, -0.15) is 0 Å². The van der Waals surface area contributed by atoms with E-state index in [0.29, 0.717) is 35.1 Å². The van der Waals surface area contributed by atoms with Crippen LogP contribution >= 0.6 is 0 Å². The van der Waals surface area contributed by atoms with Gasteiger partial charge in [0, 0.05) is 30.2 Å². The molecule has 1 N–H and O–H groups in total. The smallest absolute Gasteiger partial charge is 0.247 e. The molecule has 0 saturated heterocycles. The van der Waals surface area contributed by atoms with Gasteiger partial charge in [0.05, 0.1) is 0 Å². The summed E-state index contributed by atoms with van der Waals surface area (Å²) in [5.41, 5.74) is 1.24. The van der Waals surface area contributed by atoms with Crippen molar-refractivity contribution in [3.8, 4) is 23.0 Å². The normalized spacial score (nSPS) is 12.2. The highest BCUT2D eigenvalue weighted by molar-refractivity contribution is 5.91. The van der Waals surface area contributed by atoms with E-state index in [-0.39, 0.29) is 30.8 Å². The van der Waals surface area contributed by atoms with E-state index >= 15 is 0 Å². The van der Waals surface area contributed by atoms with E-state index in [1.54, 1.807) is 30.3 Å². The Bertz CT molecular complexity index is 940. The topological polar surface area (TPSA) is 86.5 Å². The second-order valence-corrected chi connectivity index (χ2v) is 5.62. The van der Waals surface area contributed by atoms with Gasteiger partial charge in [0.2, 0.25) is 24.5 Å². The van der Waals surface area contributed by atoms with E-state index in [1.165, 1.54) is 12.1 Å². The molecular formula is C18H14FN3O4. The summed E-state index contributed by atoms with van der Waals surface area (Å²) >= 11 is 0. The predicted octanol–water partition coefficient (Wildman–Crippen LogP) is 3.18. The van der Waals surface area contributed by atoms with E-state index in [0.717, 1.165) is 0 Å². The Morgan fingerprint density at radius 2 is 1.88 bits per heavy atom. The summed E-state index contributed by atoms with van der Waals surface area (Å²) in [5, 5.41) is 10.6. The highest BCUT2D eigenvalue weighted by atomic mass is 19.1. The maximum Gasteiger partial charge on any atom is 0.247 e. The molecule has 0 saturated carbocycles. The fourth-order valence-electron chi connectivity index (χ4n) is 2.48. The monoisotopic (exact) mass is 355 g/mol. The van der Waals surface area contributed by atoms with Gasteiger partial charge in [-0.15, -0.1) is 10.2 Å². The first-order chi connectivity index (χ1) is 12.7. The van der Waals surface area contributed by atoms with Crippen molar-refractivity contribution in [2.45, 2.75) is 12.8 Å². The van der Waals surface area contributed by atoms with Gasteiger partial charge in [0.1, 0.15) is 5.82 Å². The molecule has 0 bridgehead atoms. The molecule has 4 rings (SSSR count). The Labute approximate surface area is 147 Å². The van der Waals surface area contributed by atoms with Crippen LogP contribution in [0.4, 0.5) is 10.1 Å². The number of benzene rings is 2. The Morgan fingerprint density at radius 3 is 2.73 bits per heavy atom. The number of carbonyl (C=O) groups is 1. The van der Waals surface area contributed by atoms with Crippen molar-refractivity contribution in [1.29, 1.82) is 0 Å². The molecule has 7 nitrogen and oxygen atoms in total. The lowest BCUT2D eigenvalue weighted by Gasteiger charge is -2.05. The number of amides is 1. The molecule has 2 aromatic carbocycles. The number of carbonyl (C=O) groups excluding carboxylic acids is 1. The van der Waals surface area contributed by atoms with Crippen LogP contribution in [0.5, 0.6) is 11.5 Å². The summed E-state index contributed by atoms with van der Waals surface area (Å²) < 4.78 is 29.0. The number of aryl methyl sites for hydroxylation is 1. The number of halogens is 1. The maximum absolute atomic E-state index is 12.9. The van der Waals surface area contributed by atoms with E-state index in [2.05, 4.69) is 15.5 Å². The van der Waals surface area contributed by atoms with E-state index in [9.17, 15) is 9.18 Å². The van der Waals surface area contributed by atoms with Crippen LogP contribution in [0.3, 0.4) is 0 Å². The zero-order valence-corrected chi connectivity index (χ0v) is 13.6. The molecule has 26 heavy (non-hydrogen) atoms. The standard InChI is InChI=1S/C18H14FN3O4/c19-12-3-1-11(2-4-12)18-22-21-17(26-18)8-7-16(23)20-13-5-6-14-15(9-13)25-10-24-14/h1-6,9H,7-8,10H2,(H,20,23). The molecule has 0 unspecified atom stereocenters. The van der Waals surface area contributed by atoms with Crippen molar-refractivity contribution >= 4 is 11.6 Å². The van der Waals surface area contributed by atoms with Crippen LogP contribution in [0.2, 0.25) is 0 Å². The molecule has 0 atom stereocenters. The van der Waals surface area contributed by atoms with Crippen LogP contribution in [-0.2, 0) is 11.2 Å². The molecule has 1 aromatic heterocycles. The third-order valence-corrected chi connectivity index (χ3v) is 3.78. The average Bonchev–Trinajstić information content (AvgIpc) is 3.29. The van der Waals surface area contributed by atoms with Gasteiger partial charge < -0.3 is 19.2 Å². The fraction of sp³-hybridized carbons (Fsp3) is 0.167. The lowest BCUT2D eigenvalue weighted by Crippen LogP contribution is -2.12. The van der Waals surface area contributed by atoms with E-state index in [4.69, 9.17) is 13.9 Å². The molecule has 2 heterocycles. The van der Waals surface area contributed by atoms with Crippen molar-refractivity contribution in [2.24, 2.45) is 0 Å². The third kappa shape index (κ3) is 3.49. The average molecular weight is 355 g/mol. The van der Waals surface area contributed by atoms with Gasteiger partial charge in [-0.1, -0.05) is 0 Å². The Morgan fingerprint density at radius 1 is 1.08 bits per heavy atom. The molecule has 1 aliphatic rings. The highest BCUT2D eigenvalue weighted by Gasteiger charge is 2.15. The number of fused-ring (bicyclic) bond motifs is 1. The van der Waals surface area contributed by atoms with Gasteiger partial charge >= 0.3 is 0 Å². The number of rotatable bonds is 5. The summed E-state index contributed by atoms with van der Waals surface area (Å²) in [6.07, 6.45) is 0.476. The van der Waals surface area contributed by atoms with Gasteiger partial charge in [-0.3, -0.25) is 4.79 Å². The molecule has 3 aromatic rings. The lowest BCUT2D eigenvalue weighted by atomic mass is 10.2. The first-order valence-electron chi connectivity index (χ1n) is 7.95. The van der Waals surface area contributed by atoms with Crippen LogP contribution in [0.15, 0.2) is 46.9 Å². The second-order valence-electron chi connectivity index (χ2n) is 5.62. The number of nitrogens with one attached hydrogen (secondary N) is 1. The lowest BCUT2D eigenvalue weighted by molar-refractivity contribution is -0.116. The molecule has 132 valence electrons. The molecule has 1 amide bonds. The second kappa shape index (κ2) is 6.83. The van der Waals surface area contributed by atoms with E-state index in [1.807, 2.05) is 0 Å². The van der Waals surface area contributed by atoms with Crippen LogP contribution in [-0.4, -0.2) is 22.9 Å². The summed E-state index contributed by atoms with van der Waals surface area (Å²) in [6, 6.07) is 10.9. The number of nitrogens with zero attached hydrogens (tertiary/aromatic N) is 2.